The number of phenols is 1. The summed E-state index contributed by atoms with van der Waals surface area (Å²) in [4.78, 5) is 39.1. The summed E-state index contributed by atoms with van der Waals surface area (Å²) in [6.45, 7) is -6.29. The highest BCUT2D eigenvalue weighted by Gasteiger charge is 2.70. The van der Waals surface area contributed by atoms with Crippen molar-refractivity contribution in [2.24, 2.45) is 17.6 Å². The Bertz CT molecular complexity index is 1370. The SMILES string of the molecule is [2H]C([2H])([2H])N([C@@H]1C(=O)C(C(N)=O)=C(O)[C@@]2(O)C(=O)C3=C(O)c4c(O)cccc4[C@@](C)(O)[C@H]3[C@H](O)[C@@H]12)C([2H])([2H])[2H]. The van der Waals surface area contributed by atoms with Crippen LogP contribution in [-0.2, 0) is 20.0 Å². The number of aliphatic hydroxyl groups is 5. The lowest BCUT2D eigenvalue weighted by Crippen LogP contribution is -2.71. The molecule has 0 saturated heterocycles. The van der Waals surface area contributed by atoms with Crippen molar-refractivity contribution >= 4 is 23.2 Å². The molecule has 1 aromatic rings. The van der Waals surface area contributed by atoms with Gasteiger partial charge in [0, 0.05) is 8.22 Å². The summed E-state index contributed by atoms with van der Waals surface area (Å²) in [5, 5.41) is 67.0. The first-order valence-electron chi connectivity index (χ1n) is 12.6. The van der Waals surface area contributed by atoms with Crippen LogP contribution in [0.3, 0.4) is 0 Å². The van der Waals surface area contributed by atoms with Crippen LogP contribution in [0.4, 0.5) is 0 Å². The molecule has 33 heavy (non-hydrogen) atoms. The molecule has 1 aromatic carbocycles. The normalized spacial score (nSPS) is 39.4. The fraction of sp³-hybridized carbons (Fsp3) is 0.409. The molecule has 0 heterocycles. The smallest absolute Gasteiger partial charge is 0.255 e. The van der Waals surface area contributed by atoms with Gasteiger partial charge in [-0.15, -0.1) is 0 Å². The molecule has 11 heteroatoms. The molecule has 0 unspecified atom stereocenters. The molecule has 0 bridgehead atoms. The number of nitrogens with zero attached hydrogens (tertiary/aromatic N) is 1. The molecule has 11 nitrogen and oxygen atoms in total. The van der Waals surface area contributed by atoms with Crippen molar-refractivity contribution in [3.8, 4) is 5.75 Å². The fourth-order valence-corrected chi connectivity index (χ4v) is 5.32. The quantitative estimate of drug-likeness (QED) is 0.254. The van der Waals surface area contributed by atoms with Gasteiger partial charge in [-0.25, -0.2) is 0 Å². The first kappa shape index (κ1) is 16.4. The van der Waals surface area contributed by atoms with E-state index in [2.05, 4.69) is 0 Å². The Labute approximate surface area is 196 Å². The number of primary amides is 1. The van der Waals surface area contributed by atoms with Crippen molar-refractivity contribution in [1.82, 2.24) is 4.90 Å². The van der Waals surface area contributed by atoms with E-state index in [-0.39, 0.29) is 10.5 Å². The molecule has 3 aliphatic carbocycles. The van der Waals surface area contributed by atoms with E-state index in [1.165, 1.54) is 12.1 Å². The number of carbonyl (C=O) groups is 3. The van der Waals surface area contributed by atoms with E-state index in [9.17, 15) is 45.0 Å². The van der Waals surface area contributed by atoms with E-state index >= 15 is 0 Å². The van der Waals surface area contributed by atoms with Crippen molar-refractivity contribution in [2.45, 2.75) is 30.3 Å². The number of hydrogen-bond donors (Lipinski definition) is 7. The molecule has 1 saturated carbocycles. The number of rotatable bonds is 2. The molecule has 1 fully saturated rings. The molecule has 0 aromatic heterocycles. The van der Waals surface area contributed by atoms with Gasteiger partial charge in [0.2, 0.25) is 5.78 Å². The molecule has 176 valence electrons. The van der Waals surface area contributed by atoms with Crippen molar-refractivity contribution in [1.29, 1.82) is 0 Å². The van der Waals surface area contributed by atoms with Crippen LogP contribution in [0.5, 0.6) is 5.75 Å². The number of phenolic OH excluding ortho intramolecular Hbond substituents is 1. The molecule has 3 aliphatic rings. The van der Waals surface area contributed by atoms with Crippen molar-refractivity contribution in [3.05, 3.63) is 46.2 Å². The van der Waals surface area contributed by atoms with Gasteiger partial charge in [-0.2, -0.15) is 0 Å². The number of fused-ring (bicyclic) bond motifs is 3. The van der Waals surface area contributed by atoms with Gasteiger partial charge in [0.1, 0.15) is 22.8 Å². The summed E-state index contributed by atoms with van der Waals surface area (Å²) < 4.78 is 46.6. The third-order valence-electron chi connectivity index (χ3n) is 6.76. The number of carbonyl (C=O) groups excluding carboxylic acids is 3. The van der Waals surface area contributed by atoms with E-state index in [0.29, 0.717) is 0 Å². The van der Waals surface area contributed by atoms with Gasteiger partial charge < -0.3 is 36.4 Å². The lowest BCUT2D eigenvalue weighted by molar-refractivity contribution is -0.181. The monoisotopic (exact) mass is 466 g/mol. The molecule has 8 N–H and O–H groups in total. The minimum atomic E-state index is -3.67. The van der Waals surface area contributed by atoms with Crippen LogP contribution in [0.1, 0.15) is 26.3 Å². The topological polar surface area (TPSA) is 202 Å². The average molecular weight is 466 g/mol. The van der Waals surface area contributed by atoms with E-state index in [1.54, 1.807) is 0 Å². The van der Waals surface area contributed by atoms with E-state index in [4.69, 9.17) is 14.0 Å². The van der Waals surface area contributed by atoms with E-state index < -0.39 is 101 Å². The Balaban J connectivity index is 2.14. The van der Waals surface area contributed by atoms with Crippen LogP contribution >= 0.6 is 0 Å². The Morgan fingerprint density at radius 2 is 1.82 bits per heavy atom. The Morgan fingerprint density at radius 1 is 1.18 bits per heavy atom. The number of aliphatic hydroxyl groups excluding tert-OH is 3. The van der Waals surface area contributed by atoms with Gasteiger partial charge >= 0.3 is 0 Å². The Morgan fingerprint density at radius 3 is 2.39 bits per heavy atom. The number of Topliss-reactive ketones (excluding diaryl/α,β-unsaturated/α-hetero) is 2. The average Bonchev–Trinajstić information content (AvgIpc) is 2.76. The second-order valence-electron chi connectivity index (χ2n) is 8.47. The van der Waals surface area contributed by atoms with Gasteiger partial charge in [0.15, 0.2) is 11.4 Å². The lowest BCUT2D eigenvalue weighted by Gasteiger charge is -2.55. The molecular weight excluding hydrogens is 436 g/mol. The largest absolute Gasteiger partial charge is 0.508 e. The van der Waals surface area contributed by atoms with Gasteiger partial charge in [-0.05, 0) is 32.5 Å². The van der Waals surface area contributed by atoms with Gasteiger partial charge in [-0.3, -0.25) is 19.3 Å². The number of amides is 1. The molecule has 6 atom stereocenters. The second-order valence-corrected chi connectivity index (χ2v) is 8.47. The maximum atomic E-state index is 13.9. The van der Waals surface area contributed by atoms with Crippen LogP contribution in [-0.4, -0.2) is 84.7 Å². The number of benzene rings is 1. The number of aromatic hydroxyl groups is 1. The molecule has 0 radical (unpaired) electrons. The Kier molecular flexibility index (Phi) is 3.41. The predicted octanol–water partition coefficient (Wildman–Crippen LogP) is -1.40. The van der Waals surface area contributed by atoms with Crippen LogP contribution in [0.2, 0.25) is 0 Å². The number of nitrogens with two attached hydrogens (primary N) is 1. The number of likely N-dealkylation sites (N-methyl/N-ethyl adjacent to an activating group) is 1. The summed E-state index contributed by atoms with van der Waals surface area (Å²) >= 11 is 0. The summed E-state index contributed by atoms with van der Waals surface area (Å²) in [5.41, 5.74) is -3.91. The summed E-state index contributed by atoms with van der Waals surface area (Å²) in [6, 6.07) is 0.885. The zero-order chi connectivity index (χ0) is 29.8. The van der Waals surface area contributed by atoms with Crippen molar-refractivity contribution in [2.75, 3.05) is 14.0 Å². The van der Waals surface area contributed by atoms with Gasteiger partial charge in [0.05, 0.1) is 40.7 Å². The molecule has 4 rings (SSSR count). The summed E-state index contributed by atoms with van der Waals surface area (Å²) in [7, 11) is 0. The van der Waals surface area contributed by atoms with Gasteiger partial charge in [-0.1, -0.05) is 12.1 Å². The highest BCUT2D eigenvalue weighted by molar-refractivity contribution is 6.24. The van der Waals surface area contributed by atoms with E-state index in [0.717, 1.165) is 13.0 Å². The molecular formula is C22H24N2O9. The van der Waals surface area contributed by atoms with Crippen molar-refractivity contribution in [3.63, 3.8) is 0 Å². The minimum absolute atomic E-state index is 0.217. The summed E-state index contributed by atoms with van der Waals surface area (Å²) in [5.74, 6) is -13.0. The number of ketones is 2. The zero-order valence-corrected chi connectivity index (χ0v) is 17.0. The maximum absolute atomic E-state index is 13.9. The second kappa shape index (κ2) is 6.87. The van der Waals surface area contributed by atoms with Crippen molar-refractivity contribution < 1.29 is 53.2 Å². The first-order chi connectivity index (χ1) is 17.6. The minimum Gasteiger partial charge on any atom is -0.508 e. The third-order valence-corrected chi connectivity index (χ3v) is 6.76. The standard InChI is InChI=1S/C22H24N2O9/c1-21(32)7-5-4-6-8(25)9(7)15(26)10-12(21)17(28)13-14(24(2)3)16(27)11(20(23)31)19(30)22(13,33)18(10)29/h4-6,12-14,17,25-26,28,30,32-33H,1-3H3,(H2,23,31)/t12-,13-,14+,17+,21-,22+/m1/s1/i2D3,3D3. The van der Waals surface area contributed by atoms with Gasteiger partial charge in [0.25, 0.3) is 5.91 Å². The fourth-order valence-electron chi connectivity index (χ4n) is 5.32. The highest BCUT2D eigenvalue weighted by atomic mass is 16.4. The lowest BCUT2D eigenvalue weighted by atomic mass is 9.53. The molecule has 0 spiro atoms. The number of hydrogen-bond acceptors (Lipinski definition) is 10. The maximum Gasteiger partial charge on any atom is 0.255 e. The molecule has 0 aliphatic heterocycles. The van der Waals surface area contributed by atoms with E-state index in [1.807, 2.05) is 0 Å². The zero-order valence-electron chi connectivity index (χ0n) is 23.0. The summed E-state index contributed by atoms with van der Waals surface area (Å²) in [6.07, 6.45) is -2.42. The molecule has 1 amide bonds. The third kappa shape index (κ3) is 2.61. The van der Waals surface area contributed by atoms with Crippen LogP contribution in [0, 0.1) is 11.8 Å². The Hall–Kier alpha value is -3.25. The van der Waals surface area contributed by atoms with Crippen LogP contribution in [0.15, 0.2) is 35.1 Å². The first-order valence-corrected chi connectivity index (χ1v) is 9.63. The highest BCUT2D eigenvalue weighted by Crippen LogP contribution is 2.57. The predicted molar refractivity (Wildman–Crippen MR) is 112 cm³/mol. The van der Waals surface area contributed by atoms with Crippen LogP contribution < -0.4 is 5.73 Å². The van der Waals surface area contributed by atoms with Crippen LogP contribution in [0.25, 0.3) is 5.76 Å².